The maximum absolute atomic E-state index is 9.45. The summed E-state index contributed by atoms with van der Waals surface area (Å²) in [6.45, 7) is 5.93. The van der Waals surface area contributed by atoms with Crippen LogP contribution in [-0.4, -0.2) is 22.9 Å². The molecule has 2 atom stereocenters. The minimum Gasteiger partial charge on any atom is -0.396 e. The highest BCUT2D eigenvalue weighted by Crippen LogP contribution is 2.11. The van der Waals surface area contributed by atoms with Crippen molar-refractivity contribution in [3.05, 3.63) is 12.7 Å². The van der Waals surface area contributed by atoms with Crippen molar-refractivity contribution in [2.75, 3.05) is 6.61 Å². The van der Waals surface area contributed by atoms with Gasteiger partial charge >= 0.3 is 0 Å². The Hall–Kier alpha value is -0.340. The van der Waals surface area contributed by atoms with Crippen molar-refractivity contribution in [1.82, 2.24) is 0 Å². The van der Waals surface area contributed by atoms with E-state index in [2.05, 4.69) is 6.58 Å². The third-order valence-electron chi connectivity index (χ3n) is 1.99. The van der Waals surface area contributed by atoms with E-state index >= 15 is 0 Å². The third-order valence-corrected chi connectivity index (χ3v) is 1.99. The first-order chi connectivity index (χ1) is 5.70. The van der Waals surface area contributed by atoms with E-state index in [1.165, 1.54) is 0 Å². The van der Waals surface area contributed by atoms with Gasteiger partial charge in [0, 0.05) is 6.61 Å². The van der Waals surface area contributed by atoms with Gasteiger partial charge in [-0.2, -0.15) is 0 Å². The Kier molecular flexibility index (Phi) is 7.11. The lowest BCUT2D eigenvalue weighted by Crippen LogP contribution is -2.10. The van der Waals surface area contributed by atoms with Crippen molar-refractivity contribution in [1.29, 1.82) is 0 Å². The lowest BCUT2D eigenvalue weighted by Gasteiger charge is -2.12. The van der Waals surface area contributed by atoms with Gasteiger partial charge in [-0.25, -0.2) is 0 Å². The van der Waals surface area contributed by atoms with Gasteiger partial charge in [0.1, 0.15) is 0 Å². The van der Waals surface area contributed by atoms with Crippen LogP contribution in [0.4, 0.5) is 0 Å². The number of hydrogen-bond donors (Lipinski definition) is 2. The van der Waals surface area contributed by atoms with Crippen molar-refractivity contribution in [3.63, 3.8) is 0 Å². The summed E-state index contributed by atoms with van der Waals surface area (Å²) in [6.07, 6.45) is 4.90. The zero-order valence-electron chi connectivity index (χ0n) is 7.87. The van der Waals surface area contributed by atoms with Crippen LogP contribution in [0.25, 0.3) is 0 Å². The third kappa shape index (κ3) is 6.38. The van der Waals surface area contributed by atoms with Crippen molar-refractivity contribution < 1.29 is 10.2 Å². The Morgan fingerprint density at radius 2 is 2.08 bits per heavy atom. The van der Waals surface area contributed by atoms with Crippen LogP contribution in [-0.2, 0) is 0 Å². The first-order valence-electron chi connectivity index (χ1n) is 4.62. The topological polar surface area (TPSA) is 40.5 Å². The number of unbranched alkanes of at least 4 members (excludes halogenated alkanes) is 1. The summed E-state index contributed by atoms with van der Waals surface area (Å²) in [5, 5.41) is 18.0. The van der Waals surface area contributed by atoms with Crippen LogP contribution < -0.4 is 0 Å². The Balaban J connectivity index is 3.32. The quantitative estimate of drug-likeness (QED) is 0.453. The Morgan fingerprint density at radius 3 is 2.58 bits per heavy atom. The van der Waals surface area contributed by atoms with E-state index < -0.39 is 0 Å². The van der Waals surface area contributed by atoms with E-state index in [1.54, 1.807) is 0 Å². The summed E-state index contributed by atoms with van der Waals surface area (Å²) in [7, 11) is 0. The number of rotatable bonds is 7. The molecule has 0 unspecified atom stereocenters. The van der Waals surface area contributed by atoms with E-state index in [0.29, 0.717) is 5.92 Å². The minimum absolute atomic E-state index is 0.226. The van der Waals surface area contributed by atoms with Crippen LogP contribution in [0.5, 0.6) is 0 Å². The number of aliphatic hydroxyl groups is 2. The second-order valence-electron chi connectivity index (χ2n) is 3.32. The van der Waals surface area contributed by atoms with Crippen LogP contribution >= 0.6 is 0 Å². The van der Waals surface area contributed by atoms with E-state index in [-0.39, 0.29) is 12.7 Å². The lowest BCUT2D eigenvalue weighted by molar-refractivity contribution is 0.137. The molecule has 72 valence electrons. The van der Waals surface area contributed by atoms with Crippen LogP contribution in [0.3, 0.4) is 0 Å². The molecule has 0 saturated carbocycles. The first-order valence-corrected chi connectivity index (χ1v) is 4.62. The molecule has 0 rings (SSSR count). The average Bonchev–Trinajstić information content (AvgIpc) is 2.05. The molecule has 0 aliphatic rings. The maximum atomic E-state index is 9.45. The molecule has 0 amide bonds. The normalized spacial score (nSPS) is 15.6. The van der Waals surface area contributed by atoms with E-state index in [9.17, 15) is 5.11 Å². The molecule has 0 aromatic carbocycles. The second-order valence-corrected chi connectivity index (χ2v) is 3.32. The number of allylic oxidation sites excluding steroid dienone is 1. The molecular weight excluding hydrogens is 152 g/mol. The molecule has 0 fully saturated rings. The van der Waals surface area contributed by atoms with Crippen LogP contribution in [0, 0.1) is 5.92 Å². The van der Waals surface area contributed by atoms with E-state index in [0.717, 1.165) is 25.7 Å². The summed E-state index contributed by atoms with van der Waals surface area (Å²) in [6, 6.07) is 0. The molecule has 2 nitrogen and oxygen atoms in total. The van der Waals surface area contributed by atoms with Gasteiger partial charge in [-0.05, 0) is 31.6 Å². The molecule has 0 saturated heterocycles. The second kappa shape index (κ2) is 7.32. The molecule has 0 bridgehead atoms. The predicted octanol–water partition coefficient (Wildman–Crippen LogP) is 1.72. The highest BCUT2D eigenvalue weighted by Gasteiger charge is 2.06. The van der Waals surface area contributed by atoms with Gasteiger partial charge in [-0.1, -0.05) is 13.0 Å². The van der Waals surface area contributed by atoms with Crippen LogP contribution in [0.15, 0.2) is 12.7 Å². The molecule has 0 heterocycles. The molecule has 0 aromatic rings. The zero-order chi connectivity index (χ0) is 9.40. The van der Waals surface area contributed by atoms with E-state index in [4.69, 9.17) is 5.11 Å². The molecule has 0 aromatic heterocycles. The fraction of sp³-hybridized carbons (Fsp3) is 0.800. The molecule has 0 spiro atoms. The molecule has 2 N–H and O–H groups in total. The molecule has 0 aliphatic heterocycles. The van der Waals surface area contributed by atoms with Gasteiger partial charge in [-0.3, -0.25) is 0 Å². The largest absolute Gasteiger partial charge is 0.396 e. The summed E-state index contributed by atoms with van der Waals surface area (Å²) < 4.78 is 0. The zero-order valence-corrected chi connectivity index (χ0v) is 7.87. The highest BCUT2D eigenvalue weighted by molar-refractivity contribution is 4.77. The van der Waals surface area contributed by atoms with Crippen molar-refractivity contribution in [2.45, 2.75) is 38.7 Å². The number of aliphatic hydroxyl groups excluding tert-OH is 2. The molecular formula is C10H20O2. The van der Waals surface area contributed by atoms with E-state index in [1.807, 2.05) is 13.0 Å². The fourth-order valence-electron chi connectivity index (χ4n) is 1.14. The standard InChI is InChI=1S/C10H20O2/c1-3-9(2)8-10(12)6-4-5-7-11/h3,9-12H,1,4-8H2,2H3/t9-,10-/m1/s1. The Bertz CT molecular complexity index is 112. The average molecular weight is 172 g/mol. The Labute approximate surface area is 74.9 Å². The SMILES string of the molecule is C=C[C@@H](C)C[C@H](O)CCCCO. The molecule has 12 heavy (non-hydrogen) atoms. The minimum atomic E-state index is -0.232. The molecule has 0 aliphatic carbocycles. The summed E-state index contributed by atoms with van der Waals surface area (Å²) >= 11 is 0. The van der Waals surface area contributed by atoms with Crippen molar-refractivity contribution in [2.24, 2.45) is 5.92 Å². The fourth-order valence-corrected chi connectivity index (χ4v) is 1.14. The summed E-state index contributed by atoms with van der Waals surface area (Å²) in [4.78, 5) is 0. The van der Waals surface area contributed by atoms with Crippen molar-refractivity contribution in [3.8, 4) is 0 Å². The first kappa shape index (κ1) is 11.7. The van der Waals surface area contributed by atoms with Crippen LogP contribution in [0.2, 0.25) is 0 Å². The van der Waals surface area contributed by atoms with Gasteiger partial charge in [0.2, 0.25) is 0 Å². The van der Waals surface area contributed by atoms with Gasteiger partial charge in [-0.15, -0.1) is 6.58 Å². The predicted molar refractivity (Wildman–Crippen MR) is 50.9 cm³/mol. The highest BCUT2D eigenvalue weighted by atomic mass is 16.3. The Morgan fingerprint density at radius 1 is 1.42 bits per heavy atom. The number of hydrogen-bond acceptors (Lipinski definition) is 2. The lowest BCUT2D eigenvalue weighted by atomic mass is 10.0. The van der Waals surface area contributed by atoms with Gasteiger partial charge in [0.25, 0.3) is 0 Å². The van der Waals surface area contributed by atoms with Gasteiger partial charge < -0.3 is 10.2 Å². The monoisotopic (exact) mass is 172 g/mol. The van der Waals surface area contributed by atoms with Crippen LogP contribution in [0.1, 0.15) is 32.6 Å². The maximum Gasteiger partial charge on any atom is 0.0545 e. The smallest absolute Gasteiger partial charge is 0.0545 e. The molecule has 0 radical (unpaired) electrons. The van der Waals surface area contributed by atoms with Crippen molar-refractivity contribution >= 4 is 0 Å². The molecule has 2 heteroatoms. The van der Waals surface area contributed by atoms with Gasteiger partial charge in [0.15, 0.2) is 0 Å². The summed E-state index contributed by atoms with van der Waals surface area (Å²) in [5.41, 5.74) is 0. The van der Waals surface area contributed by atoms with Gasteiger partial charge in [0.05, 0.1) is 6.10 Å². The summed E-state index contributed by atoms with van der Waals surface area (Å²) in [5.74, 6) is 0.383.